The summed E-state index contributed by atoms with van der Waals surface area (Å²) < 4.78 is 15.6. The van der Waals surface area contributed by atoms with Gasteiger partial charge in [-0.05, 0) is 68.7 Å². The molecule has 0 saturated heterocycles. The number of aliphatic hydroxyl groups excluding tert-OH is 1. The molecule has 0 aliphatic heterocycles. The van der Waals surface area contributed by atoms with E-state index >= 15 is 0 Å². The normalized spacial score (nSPS) is 14.4. The molecule has 0 aliphatic rings. The van der Waals surface area contributed by atoms with Crippen LogP contribution in [0.1, 0.15) is 75.2 Å². The molecule has 2 amide bonds. The van der Waals surface area contributed by atoms with Crippen LogP contribution in [0.4, 0.5) is 9.59 Å². The largest absolute Gasteiger partial charge is 0.458 e. The fraction of sp³-hybridized carbons (Fsp3) is 0.850. The SMILES string of the molecule is CC(C)(C)OC(=O)NCCC(O)CC(NC(=O)OC(C)(C)C)C(=O)OC(C)(C)C. The van der Waals surface area contributed by atoms with Crippen LogP contribution < -0.4 is 10.6 Å². The molecule has 0 aromatic heterocycles. The van der Waals surface area contributed by atoms with Crippen molar-refractivity contribution in [2.45, 2.75) is 104 Å². The van der Waals surface area contributed by atoms with Gasteiger partial charge in [-0.1, -0.05) is 0 Å². The summed E-state index contributed by atoms with van der Waals surface area (Å²) in [4.78, 5) is 36.1. The Morgan fingerprint density at radius 1 is 0.793 bits per heavy atom. The van der Waals surface area contributed by atoms with Gasteiger partial charge in [-0.3, -0.25) is 0 Å². The predicted octanol–water partition coefficient (Wildman–Crippen LogP) is 2.89. The van der Waals surface area contributed by atoms with Gasteiger partial charge in [0.05, 0.1) is 6.10 Å². The van der Waals surface area contributed by atoms with Gasteiger partial charge in [0.15, 0.2) is 0 Å². The van der Waals surface area contributed by atoms with E-state index in [-0.39, 0.29) is 19.4 Å². The van der Waals surface area contributed by atoms with Gasteiger partial charge in [-0.15, -0.1) is 0 Å². The Morgan fingerprint density at radius 2 is 1.24 bits per heavy atom. The van der Waals surface area contributed by atoms with Gasteiger partial charge in [-0.25, -0.2) is 14.4 Å². The molecule has 0 bridgehead atoms. The summed E-state index contributed by atoms with van der Waals surface area (Å²) in [6, 6.07) is -1.10. The van der Waals surface area contributed by atoms with Crippen molar-refractivity contribution in [1.29, 1.82) is 0 Å². The van der Waals surface area contributed by atoms with Gasteiger partial charge in [0.25, 0.3) is 0 Å². The highest BCUT2D eigenvalue weighted by Gasteiger charge is 2.30. The van der Waals surface area contributed by atoms with Crippen molar-refractivity contribution in [3.05, 3.63) is 0 Å². The first-order valence-electron chi connectivity index (χ1n) is 9.75. The Morgan fingerprint density at radius 3 is 1.69 bits per heavy atom. The highest BCUT2D eigenvalue weighted by atomic mass is 16.6. The summed E-state index contributed by atoms with van der Waals surface area (Å²) in [5.74, 6) is -0.678. The van der Waals surface area contributed by atoms with E-state index < -0.39 is 47.1 Å². The highest BCUT2D eigenvalue weighted by Crippen LogP contribution is 2.14. The van der Waals surface area contributed by atoms with E-state index in [4.69, 9.17) is 14.2 Å². The minimum atomic E-state index is -1.10. The predicted molar refractivity (Wildman–Crippen MR) is 108 cm³/mol. The number of esters is 1. The van der Waals surface area contributed by atoms with E-state index in [1.807, 2.05) is 0 Å². The molecule has 170 valence electrons. The summed E-state index contributed by atoms with van der Waals surface area (Å²) in [7, 11) is 0. The number of hydrogen-bond acceptors (Lipinski definition) is 7. The Balaban J connectivity index is 4.82. The number of ether oxygens (including phenoxy) is 3. The van der Waals surface area contributed by atoms with Crippen LogP contribution in [0.2, 0.25) is 0 Å². The fourth-order valence-electron chi connectivity index (χ4n) is 2.08. The van der Waals surface area contributed by atoms with E-state index in [1.54, 1.807) is 62.3 Å². The third kappa shape index (κ3) is 15.6. The van der Waals surface area contributed by atoms with Crippen molar-refractivity contribution in [3.8, 4) is 0 Å². The standard InChI is InChI=1S/C20H38N2O7/c1-18(2,3)27-15(24)14(22-17(26)29-20(7,8)9)12-13(23)10-11-21-16(25)28-19(4,5)6/h13-14,23H,10-12H2,1-9H3,(H,21,25)(H,22,26). The fourth-order valence-corrected chi connectivity index (χ4v) is 2.08. The lowest BCUT2D eigenvalue weighted by Gasteiger charge is -2.27. The molecule has 2 unspecified atom stereocenters. The number of amides is 2. The Labute approximate surface area is 173 Å². The second-order valence-corrected chi connectivity index (χ2v) is 9.84. The van der Waals surface area contributed by atoms with E-state index in [0.29, 0.717) is 0 Å². The van der Waals surface area contributed by atoms with Crippen molar-refractivity contribution in [2.24, 2.45) is 0 Å². The van der Waals surface area contributed by atoms with Crippen molar-refractivity contribution < 1.29 is 33.7 Å². The third-order valence-corrected chi connectivity index (χ3v) is 3.04. The van der Waals surface area contributed by atoms with E-state index in [9.17, 15) is 19.5 Å². The average Bonchev–Trinajstić information content (AvgIpc) is 2.40. The van der Waals surface area contributed by atoms with Gasteiger partial charge in [0, 0.05) is 13.0 Å². The first-order chi connectivity index (χ1) is 12.9. The lowest BCUT2D eigenvalue weighted by atomic mass is 10.1. The number of alkyl carbamates (subject to hydrolysis) is 2. The lowest BCUT2D eigenvalue weighted by Crippen LogP contribution is -2.47. The molecule has 3 N–H and O–H groups in total. The first-order valence-corrected chi connectivity index (χ1v) is 9.75. The summed E-state index contributed by atoms with van der Waals surface area (Å²) in [5.41, 5.74) is -2.12. The van der Waals surface area contributed by atoms with Crippen LogP contribution in [0.5, 0.6) is 0 Å². The van der Waals surface area contributed by atoms with Crippen molar-refractivity contribution in [2.75, 3.05) is 6.54 Å². The van der Waals surface area contributed by atoms with Crippen LogP contribution >= 0.6 is 0 Å². The molecule has 29 heavy (non-hydrogen) atoms. The smallest absolute Gasteiger partial charge is 0.408 e. The average molecular weight is 419 g/mol. The molecule has 0 aliphatic carbocycles. The summed E-state index contributed by atoms with van der Waals surface area (Å²) >= 11 is 0. The van der Waals surface area contributed by atoms with Crippen molar-refractivity contribution in [3.63, 3.8) is 0 Å². The number of hydrogen-bond donors (Lipinski definition) is 3. The zero-order valence-electron chi connectivity index (χ0n) is 19.2. The van der Waals surface area contributed by atoms with E-state index in [0.717, 1.165) is 0 Å². The molecule has 0 fully saturated rings. The molecular weight excluding hydrogens is 380 g/mol. The molecule has 9 heteroatoms. The van der Waals surface area contributed by atoms with Crippen LogP contribution in [0.25, 0.3) is 0 Å². The van der Waals surface area contributed by atoms with Crippen LogP contribution in [-0.4, -0.2) is 58.8 Å². The molecule has 0 radical (unpaired) electrons. The Hall–Kier alpha value is -2.03. The Bertz CT molecular complexity index is 557. The molecule has 0 spiro atoms. The monoisotopic (exact) mass is 418 g/mol. The van der Waals surface area contributed by atoms with Gasteiger partial charge < -0.3 is 30.0 Å². The van der Waals surface area contributed by atoms with Crippen molar-refractivity contribution in [1.82, 2.24) is 10.6 Å². The maximum absolute atomic E-state index is 12.4. The second-order valence-electron chi connectivity index (χ2n) is 9.84. The molecule has 0 aromatic rings. The molecule has 0 heterocycles. The Kier molecular flexibility index (Phi) is 9.92. The topological polar surface area (TPSA) is 123 Å². The van der Waals surface area contributed by atoms with Crippen LogP contribution in [0.3, 0.4) is 0 Å². The molecule has 0 saturated carbocycles. The quantitative estimate of drug-likeness (QED) is 0.429. The number of aliphatic hydroxyl groups is 1. The minimum Gasteiger partial charge on any atom is -0.458 e. The first kappa shape index (κ1) is 27.0. The van der Waals surface area contributed by atoms with Crippen LogP contribution in [-0.2, 0) is 19.0 Å². The molecule has 2 atom stereocenters. The molecule has 0 aromatic carbocycles. The van der Waals surface area contributed by atoms with Gasteiger partial charge >= 0.3 is 18.2 Å². The van der Waals surface area contributed by atoms with Crippen LogP contribution in [0.15, 0.2) is 0 Å². The number of carbonyl (C=O) groups excluding carboxylic acids is 3. The second kappa shape index (κ2) is 10.7. The lowest BCUT2D eigenvalue weighted by molar-refractivity contribution is -0.158. The van der Waals surface area contributed by atoms with Gasteiger partial charge in [0.1, 0.15) is 22.8 Å². The number of nitrogens with one attached hydrogen (secondary N) is 2. The molecular formula is C20H38N2O7. The third-order valence-electron chi connectivity index (χ3n) is 3.04. The zero-order chi connectivity index (χ0) is 23.0. The van der Waals surface area contributed by atoms with Gasteiger partial charge in [0.2, 0.25) is 0 Å². The number of carbonyl (C=O) groups is 3. The van der Waals surface area contributed by atoms with Gasteiger partial charge in [-0.2, -0.15) is 0 Å². The summed E-state index contributed by atoms with van der Waals surface area (Å²) in [5, 5.41) is 15.2. The maximum atomic E-state index is 12.4. The maximum Gasteiger partial charge on any atom is 0.408 e. The zero-order valence-corrected chi connectivity index (χ0v) is 19.2. The van der Waals surface area contributed by atoms with Crippen molar-refractivity contribution >= 4 is 18.2 Å². The highest BCUT2D eigenvalue weighted by molar-refractivity contribution is 5.81. The van der Waals surface area contributed by atoms with Crippen LogP contribution in [0, 0.1) is 0 Å². The molecule has 0 rings (SSSR count). The summed E-state index contributed by atoms with van der Waals surface area (Å²) in [6.45, 7) is 15.6. The van der Waals surface area contributed by atoms with E-state index in [1.165, 1.54) is 0 Å². The molecule has 9 nitrogen and oxygen atoms in total. The summed E-state index contributed by atoms with van der Waals surface area (Å²) in [6.07, 6.45) is -2.29. The number of rotatable bonds is 7. The minimum absolute atomic E-state index is 0.0931. The van der Waals surface area contributed by atoms with E-state index in [2.05, 4.69) is 10.6 Å².